The van der Waals surface area contributed by atoms with Crippen molar-refractivity contribution in [1.82, 2.24) is 4.90 Å². The number of nitrogens with two attached hydrogens (primary N) is 1. The standard InChI is InChI=1S/C26H29F2N.C3H5N/c1-2-16-29(17-15-28)26-23-10-6-4-8-20(23)18-21(13-14-27)25(26)24-12-11-19-7-3-5-9-22(19)24;1-2-3-4/h1,3-10,21,24-26H,11-18H2;1H,3-4H2. The van der Waals surface area contributed by atoms with Crippen LogP contribution in [0.15, 0.2) is 48.5 Å². The Morgan fingerprint density at radius 1 is 0.939 bits per heavy atom. The van der Waals surface area contributed by atoms with Gasteiger partial charge in [-0.15, -0.1) is 12.8 Å². The molecular formula is C29H34F2N2. The van der Waals surface area contributed by atoms with Gasteiger partial charge in [-0.1, -0.05) is 60.4 Å². The number of hydrogen-bond donors (Lipinski definition) is 1. The van der Waals surface area contributed by atoms with Crippen molar-refractivity contribution in [3.63, 3.8) is 0 Å². The zero-order valence-corrected chi connectivity index (χ0v) is 19.2. The fourth-order valence-electron chi connectivity index (χ4n) is 5.85. The average molecular weight is 449 g/mol. The molecule has 174 valence electrons. The molecule has 0 aliphatic heterocycles. The molecule has 0 bridgehead atoms. The molecule has 0 amide bonds. The number of terminal acetylenes is 2. The molecule has 0 saturated carbocycles. The molecule has 0 spiro atoms. The van der Waals surface area contributed by atoms with E-state index in [0.29, 0.717) is 32.0 Å². The van der Waals surface area contributed by atoms with E-state index in [9.17, 15) is 8.78 Å². The Balaban J connectivity index is 0.000000709. The minimum absolute atomic E-state index is 0.0273. The Kier molecular flexibility index (Phi) is 9.49. The molecular weight excluding hydrogens is 414 g/mol. The monoisotopic (exact) mass is 448 g/mol. The molecule has 0 fully saturated rings. The third-order valence-electron chi connectivity index (χ3n) is 7.07. The quantitative estimate of drug-likeness (QED) is 0.598. The van der Waals surface area contributed by atoms with Crippen LogP contribution in [0, 0.1) is 36.5 Å². The van der Waals surface area contributed by atoms with Gasteiger partial charge >= 0.3 is 0 Å². The van der Waals surface area contributed by atoms with Gasteiger partial charge in [0.2, 0.25) is 0 Å². The van der Waals surface area contributed by atoms with Crippen LogP contribution in [0.25, 0.3) is 0 Å². The summed E-state index contributed by atoms with van der Waals surface area (Å²) in [6.07, 6.45) is 13.9. The average Bonchev–Trinajstić information content (AvgIpc) is 3.27. The highest BCUT2D eigenvalue weighted by Gasteiger charge is 2.45. The third kappa shape index (κ3) is 5.64. The number of aryl methyl sites for hydroxylation is 1. The summed E-state index contributed by atoms with van der Waals surface area (Å²) in [4.78, 5) is 2.12. The maximum atomic E-state index is 13.6. The molecule has 0 aromatic heterocycles. The van der Waals surface area contributed by atoms with Crippen LogP contribution < -0.4 is 5.73 Å². The highest BCUT2D eigenvalue weighted by Crippen LogP contribution is 2.53. The molecule has 2 nitrogen and oxygen atoms in total. The van der Waals surface area contributed by atoms with Crippen LogP contribution in [-0.2, 0) is 12.8 Å². The van der Waals surface area contributed by atoms with Gasteiger partial charge in [0.25, 0.3) is 0 Å². The molecule has 0 radical (unpaired) electrons. The number of alkyl halides is 2. The molecule has 2 N–H and O–H groups in total. The molecule has 2 aromatic rings. The Morgan fingerprint density at radius 3 is 2.24 bits per heavy atom. The molecule has 33 heavy (non-hydrogen) atoms. The predicted molar refractivity (Wildman–Crippen MR) is 132 cm³/mol. The highest BCUT2D eigenvalue weighted by atomic mass is 19.1. The summed E-state index contributed by atoms with van der Waals surface area (Å²) in [7, 11) is 0. The van der Waals surface area contributed by atoms with E-state index in [1.54, 1.807) is 0 Å². The lowest BCUT2D eigenvalue weighted by molar-refractivity contribution is 0.0730. The minimum atomic E-state index is -0.428. The van der Waals surface area contributed by atoms with Crippen molar-refractivity contribution in [3.05, 3.63) is 70.8 Å². The number of fused-ring (bicyclic) bond motifs is 2. The molecule has 2 aromatic carbocycles. The van der Waals surface area contributed by atoms with Crippen molar-refractivity contribution in [2.45, 2.75) is 37.6 Å². The molecule has 4 unspecified atom stereocenters. The maximum Gasteiger partial charge on any atom is 0.102 e. The van der Waals surface area contributed by atoms with Crippen LogP contribution in [0.4, 0.5) is 8.78 Å². The van der Waals surface area contributed by atoms with Gasteiger partial charge in [-0.25, -0.2) is 4.39 Å². The second kappa shape index (κ2) is 12.5. The summed E-state index contributed by atoms with van der Waals surface area (Å²) in [6, 6.07) is 17.1. The summed E-state index contributed by atoms with van der Waals surface area (Å²) >= 11 is 0. The van der Waals surface area contributed by atoms with E-state index in [1.165, 1.54) is 22.3 Å². The van der Waals surface area contributed by atoms with Gasteiger partial charge in [0.15, 0.2) is 0 Å². The second-order valence-electron chi connectivity index (χ2n) is 8.78. The van der Waals surface area contributed by atoms with Gasteiger partial charge < -0.3 is 5.73 Å². The highest BCUT2D eigenvalue weighted by molar-refractivity contribution is 5.40. The number of halogens is 2. The van der Waals surface area contributed by atoms with Crippen molar-refractivity contribution in [2.24, 2.45) is 17.6 Å². The van der Waals surface area contributed by atoms with E-state index in [0.717, 1.165) is 19.3 Å². The van der Waals surface area contributed by atoms with E-state index >= 15 is 0 Å². The van der Waals surface area contributed by atoms with Crippen molar-refractivity contribution in [3.8, 4) is 24.7 Å². The van der Waals surface area contributed by atoms with E-state index in [1.807, 2.05) is 6.07 Å². The van der Waals surface area contributed by atoms with E-state index < -0.39 is 6.67 Å². The lowest BCUT2D eigenvalue weighted by atomic mass is 9.64. The molecule has 2 aliphatic carbocycles. The first-order chi connectivity index (χ1) is 16.2. The lowest BCUT2D eigenvalue weighted by Crippen LogP contribution is -2.44. The van der Waals surface area contributed by atoms with Gasteiger partial charge in [-0.2, -0.15) is 0 Å². The summed E-state index contributed by atoms with van der Waals surface area (Å²) in [5.74, 6) is 5.79. The normalized spacial score (nSPS) is 23.0. The van der Waals surface area contributed by atoms with Gasteiger partial charge in [-0.3, -0.25) is 9.29 Å². The van der Waals surface area contributed by atoms with Crippen LogP contribution in [0.2, 0.25) is 0 Å². The third-order valence-corrected chi connectivity index (χ3v) is 7.07. The van der Waals surface area contributed by atoms with E-state index in [4.69, 9.17) is 12.2 Å². The molecule has 2 aliphatic rings. The number of benzene rings is 2. The van der Waals surface area contributed by atoms with Gasteiger partial charge in [-0.05, 0) is 65.7 Å². The Labute approximate surface area is 197 Å². The number of hydrogen-bond acceptors (Lipinski definition) is 2. The maximum absolute atomic E-state index is 13.6. The number of nitrogens with zero attached hydrogens (tertiary/aromatic N) is 1. The van der Waals surface area contributed by atoms with Crippen LogP contribution >= 0.6 is 0 Å². The fraction of sp³-hybridized carbons (Fsp3) is 0.448. The summed E-state index contributed by atoms with van der Waals surface area (Å²) < 4.78 is 27.1. The largest absolute Gasteiger partial charge is 0.320 e. The Hall–Kier alpha value is -2.66. The molecule has 0 heterocycles. The van der Waals surface area contributed by atoms with Crippen molar-refractivity contribution >= 4 is 0 Å². The fourth-order valence-corrected chi connectivity index (χ4v) is 5.85. The second-order valence-corrected chi connectivity index (χ2v) is 8.78. The molecule has 4 rings (SSSR count). The van der Waals surface area contributed by atoms with Gasteiger partial charge in [0, 0.05) is 12.6 Å². The van der Waals surface area contributed by atoms with Crippen LogP contribution in [-0.4, -0.2) is 37.9 Å². The van der Waals surface area contributed by atoms with Crippen LogP contribution in [0.5, 0.6) is 0 Å². The molecule has 0 saturated heterocycles. The molecule has 4 heteroatoms. The molecule has 4 atom stereocenters. The zero-order valence-electron chi connectivity index (χ0n) is 19.2. The zero-order chi connectivity index (χ0) is 23.6. The van der Waals surface area contributed by atoms with Gasteiger partial charge in [0.1, 0.15) is 6.67 Å². The Bertz CT molecular complexity index is 974. The summed E-state index contributed by atoms with van der Waals surface area (Å²) in [6.45, 7) is 0.331. The lowest BCUT2D eigenvalue weighted by Gasteiger charge is -2.47. The first-order valence-electron chi connectivity index (χ1n) is 11.8. The summed E-state index contributed by atoms with van der Waals surface area (Å²) in [5.41, 5.74) is 10.1. The topological polar surface area (TPSA) is 29.3 Å². The van der Waals surface area contributed by atoms with Crippen LogP contribution in [0.3, 0.4) is 0 Å². The van der Waals surface area contributed by atoms with E-state index in [2.05, 4.69) is 65.6 Å². The minimum Gasteiger partial charge on any atom is -0.320 e. The van der Waals surface area contributed by atoms with Crippen molar-refractivity contribution in [1.29, 1.82) is 0 Å². The smallest absolute Gasteiger partial charge is 0.102 e. The predicted octanol–water partition coefficient (Wildman–Crippen LogP) is 5.09. The number of rotatable bonds is 7. The first kappa shape index (κ1) is 25.0. The first-order valence-corrected chi connectivity index (χ1v) is 11.8. The van der Waals surface area contributed by atoms with Crippen LogP contribution in [0.1, 0.15) is 47.1 Å². The van der Waals surface area contributed by atoms with Crippen molar-refractivity contribution < 1.29 is 8.78 Å². The van der Waals surface area contributed by atoms with Gasteiger partial charge in [0.05, 0.1) is 19.8 Å². The van der Waals surface area contributed by atoms with Crippen molar-refractivity contribution in [2.75, 3.05) is 33.0 Å². The SMILES string of the molecule is C#CCN.C#CCN(CCF)C1c2ccccc2CC(CCF)C1C1CCc2ccccc21. The Morgan fingerprint density at radius 2 is 1.61 bits per heavy atom. The summed E-state index contributed by atoms with van der Waals surface area (Å²) in [5, 5.41) is 0. The van der Waals surface area contributed by atoms with E-state index in [-0.39, 0.29) is 24.6 Å².